The first kappa shape index (κ1) is 12.9. The third-order valence-electron chi connectivity index (χ3n) is 1.13. The maximum Gasteiger partial charge on any atom is -0.0104 e. The highest BCUT2D eigenvalue weighted by molar-refractivity contribution is 5.19. The van der Waals surface area contributed by atoms with Gasteiger partial charge in [0.05, 0.1) is 0 Å². The van der Waals surface area contributed by atoms with Crippen molar-refractivity contribution in [3.8, 4) is 0 Å². The van der Waals surface area contributed by atoms with Crippen LogP contribution in [0.3, 0.4) is 0 Å². The summed E-state index contributed by atoms with van der Waals surface area (Å²) in [6.07, 6.45) is 9.12. The van der Waals surface area contributed by atoms with E-state index in [1.807, 2.05) is 39.8 Å². The first-order valence-electron chi connectivity index (χ1n) is 4.24. The van der Waals surface area contributed by atoms with Gasteiger partial charge >= 0.3 is 0 Å². The van der Waals surface area contributed by atoms with E-state index in [9.17, 15) is 0 Å². The SMILES string of the molecule is C=CCC(/C=C\C)=C/C.CC. The fourth-order valence-corrected chi connectivity index (χ4v) is 0.663. The normalized spacial score (nSPS) is 10.7. The lowest BCUT2D eigenvalue weighted by Crippen LogP contribution is -1.71. The zero-order valence-corrected chi connectivity index (χ0v) is 8.22. The highest BCUT2D eigenvalue weighted by atomic mass is 13.9. The monoisotopic (exact) mass is 152 g/mol. The molecule has 11 heavy (non-hydrogen) atoms. The first-order valence-corrected chi connectivity index (χ1v) is 4.24. The van der Waals surface area contributed by atoms with Gasteiger partial charge in [0.1, 0.15) is 0 Å². The summed E-state index contributed by atoms with van der Waals surface area (Å²) >= 11 is 0. The standard InChI is InChI=1S/C9H14.C2H6/c1-4-7-9(6-3)8-5-2;1-2/h4-6,8H,1,7H2,2-3H3;1-2H3/b8-5-,9-6-;. The molecule has 0 unspecified atom stereocenters. The van der Waals surface area contributed by atoms with Gasteiger partial charge < -0.3 is 0 Å². The Morgan fingerprint density at radius 1 is 1.27 bits per heavy atom. The average molecular weight is 152 g/mol. The van der Waals surface area contributed by atoms with Crippen LogP contribution in [-0.2, 0) is 0 Å². The van der Waals surface area contributed by atoms with Crippen molar-refractivity contribution in [3.63, 3.8) is 0 Å². The molecule has 0 aromatic heterocycles. The molecule has 0 aliphatic rings. The van der Waals surface area contributed by atoms with E-state index in [0.717, 1.165) is 6.42 Å². The van der Waals surface area contributed by atoms with Crippen molar-refractivity contribution in [2.45, 2.75) is 34.1 Å². The zero-order valence-electron chi connectivity index (χ0n) is 8.22. The van der Waals surface area contributed by atoms with E-state index >= 15 is 0 Å². The molecule has 0 aliphatic heterocycles. The highest BCUT2D eigenvalue weighted by Gasteiger charge is 1.81. The van der Waals surface area contributed by atoms with E-state index in [0.29, 0.717) is 0 Å². The predicted octanol–water partition coefficient (Wildman–Crippen LogP) is 4.11. The van der Waals surface area contributed by atoms with E-state index < -0.39 is 0 Å². The fraction of sp³-hybridized carbons (Fsp3) is 0.455. The molecule has 0 aromatic carbocycles. The molecule has 64 valence electrons. The van der Waals surface area contributed by atoms with Crippen LogP contribution < -0.4 is 0 Å². The molecule has 0 saturated heterocycles. The summed E-state index contributed by atoms with van der Waals surface area (Å²) in [6, 6.07) is 0. The summed E-state index contributed by atoms with van der Waals surface area (Å²) in [6.45, 7) is 11.7. The van der Waals surface area contributed by atoms with Crippen molar-refractivity contribution in [2.75, 3.05) is 0 Å². The van der Waals surface area contributed by atoms with E-state index in [1.54, 1.807) is 0 Å². The van der Waals surface area contributed by atoms with Crippen molar-refractivity contribution in [2.24, 2.45) is 0 Å². The summed E-state index contributed by atoms with van der Waals surface area (Å²) in [5.74, 6) is 0. The largest absolute Gasteiger partial charge is 0.103 e. The van der Waals surface area contributed by atoms with Crippen LogP contribution in [0.25, 0.3) is 0 Å². The van der Waals surface area contributed by atoms with Crippen LogP contribution in [0.2, 0.25) is 0 Å². The summed E-state index contributed by atoms with van der Waals surface area (Å²) < 4.78 is 0. The summed E-state index contributed by atoms with van der Waals surface area (Å²) in [5.41, 5.74) is 1.33. The molecule has 0 amide bonds. The lowest BCUT2D eigenvalue weighted by atomic mass is 10.2. The van der Waals surface area contributed by atoms with Crippen LogP contribution in [0.1, 0.15) is 34.1 Å². The zero-order chi connectivity index (χ0) is 9.11. The van der Waals surface area contributed by atoms with Gasteiger partial charge in [-0.15, -0.1) is 6.58 Å². The van der Waals surface area contributed by atoms with Crippen molar-refractivity contribution < 1.29 is 0 Å². The Morgan fingerprint density at radius 3 is 2.09 bits per heavy atom. The molecule has 0 nitrogen and oxygen atoms in total. The quantitative estimate of drug-likeness (QED) is 0.421. The predicted molar refractivity (Wildman–Crippen MR) is 54.7 cm³/mol. The van der Waals surface area contributed by atoms with Crippen molar-refractivity contribution in [1.82, 2.24) is 0 Å². The Bertz CT molecular complexity index is 127. The number of allylic oxidation sites excluding steroid dienone is 5. The molecule has 0 saturated carbocycles. The first-order chi connectivity index (χ1) is 5.35. The van der Waals surface area contributed by atoms with Gasteiger partial charge in [-0.3, -0.25) is 0 Å². The molecule has 0 rings (SSSR count). The van der Waals surface area contributed by atoms with E-state index in [4.69, 9.17) is 0 Å². The molecule has 0 spiro atoms. The van der Waals surface area contributed by atoms with Crippen molar-refractivity contribution >= 4 is 0 Å². The summed E-state index contributed by atoms with van der Waals surface area (Å²) in [4.78, 5) is 0. The lowest BCUT2D eigenvalue weighted by molar-refractivity contribution is 1.27. The van der Waals surface area contributed by atoms with Crippen LogP contribution >= 0.6 is 0 Å². The highest BCUT2D eigenvalue weighted by Crippen LogP contribution is 2.02. The summed E-state index contributed by atoms with van der Waals surface area (Å²) in [7, 11) is 0. The minimum absolute atomic E-state index is 0.973. The molecule has 0 N–H and O–H groups in total. The van der Waals surface area contributed by atoms with Crippen LogP contribution in [0.15, 0.2) is 36.5 Å². The van der Waals surface area contributed by atoms with E-state index in [1.165, 1.54) is 5.57 Å². The number of hydrogen-bond donors (Lipinski definition) is 0. The number of hydrogen-bond acceptors (Lipinski definition) is 0. The molecule has 0 radical (unpaired) electrons. The van der Waals surface area contributed by atoms with Gasteiger partial charge in [-0.25, -0.2) is 0 Å². The third-order valence-corrected chi connectivity index (χ3v) is 1.13. The Hall–Kier alpha value is -0.780. The van der Waals surface area contributed by atoms with Crippen LogP contribution in [0.5, 0.6) is 0 Å². The van der Waals surface area contributed by atoms with Gasteiger partial charge in [-0.1, -0.05) is 38.2 Å². The summed E-state index contributed by atoms with van der Waals surface area (Å²) in [5, 5.41) is 0. The molecular weight excluding hydrogens is 132 g/mol. The lowest BCUT2D eigenvalue weighted by Gasteiger charge is -1.91. The second-order valence-electron chi connectivity index (χ2n) is 1.86. The van der Waals surface area contributed by atoms with Crippen molar-refractivity contribution in [1.29, 1.82) is 0 Å². The topological polar surface area (TPSA) is 0 Å². The van der Waals surface area contributed by atoms with E-state index in [-0.39, 0.29) is 0 Å². The van der Waals surface area contributed by atoms with Crippen LogP contribution in [0, 0.1) is 0 Å². The minimum Gasteiger partial charge on any atom is -0.103 e. The van der Waals surface area contributed by atoms with Crippen LogP contribution in [-0.4, -0.2) is 0 Å². The van der Waals surface area contributed by atoms with E-state index in [2.05, 4.69) is 18.7 Å². The Labute approximate surface area is 71.3 Å². The Kier molecular flexibility index (Phi) is 14.0. The Morgan fingerprint density at radius 2 is 1.82 bits per heavy atom. The Balaban J connectivity index is 0. The molecule has 0 heterocycles. The molecular formula is C11H20. The molecule has 0 bridgehead atoms. The number of rotatable bonds is 3. The van der Waals surface area contributed by atoms with Gasteiger partial charge in [0.25, 0.3) is 0 Å². The molecule has 0 atom stereocenters. The van der Waals surface area contributed by atoms with Crippen LogP contribution in [0.4, 0.5) is 0 Å². The van der Waals surface area contributed by atoms with Gasteiger partial charge in [0.15, 0.2) is 0 Å². The fourth-order valence-electron chi connectivity index (χ4n) is 0.663. The third kappa shape index (κ3) is 9.22. The molecule has 0 heteroatoms. The molecule has 0 aromatic rings. The van der Waals surface area contributed by atoms with Gasteiger partial charge in [0, 0.05) is 0 Å². The van der Waals surface area contributed by atoms with Gasteiger partial charge in [-0.05, 0) is 25.8 Å². The second-order valence-corrected chi connectivity index (χ2v) is 1.86. The maximum absolute atomic E-state index is 3.66. The smallest absolute Gasteiger partial charge is 0.0104 e. The average Bonchev–Trinajstić information content (AvgIpc) is 2.08. The van der Waals surface area contributed by atoms with Gasteiger partial charge in [-0.2, -0.15) is 0 Å². The maximum atomic E-state index is 3.66. The van der Waals surface area contributed by atoms with Gasteiger partial charge in [0.2, 0.25) is 0 Å². The van der Waals surface area contributed by atoms with Crippen molar-refractivity contribution in [3.05, 3.63) is 36.5 Å². The second kappa shape index (κ2) is 12.0. The molecule has 0 fully saturated rings. The molecule has 0 aliphatic carbocycles. The minimum atomic E-state index is 0.973.